The Kier molecular flexibility index (Phi) is 3.35. The fourth-order valence-corrected chi connectivity index (χ4v) is 2.25. The van der Waals surface area contributed by atoms with Crippen LogP contribution in [0.2, 0.25) is 0 Å². The van der Waals surface area contributed by atoms with E-state index in [-0.39, 0.29) is 11.3 Å². The highest BCUT2D eigenvalue weighted by Crippen LogP contribution is 2.31. The molecule has 0 saturated heterocycles. The molecule has 2 aromatic rings. The zero-order valence-electron chi connectivity index (χ0n) is 8.83. The maximum atomic E-state index is 10.7. The lowest BCUT2D eigenvalue weighted by atomic mass is 10.2. The first-order valence-corrected chi connectivity index (χ1v) is 5.77. The van der Waals surface area contributed by atoms with Gasteiger partial charge in [-0.1, -0.05) is 30.0 Å². The van der Waals surface area contributed by atoms with Gasteiger partial charge in [-0.2, -0.15) is 0 Å². The van der Waals surface area contributed by atoms with E-state index in [4.69, 9.17) is 5.11 Å². The largest absolute Gasteiger partial charge is 0.507 e. The van der Waals surface area contributed by atoms with E-state index < -0.39 is 5.97 Å². The van der Waals surface area contributed by atoms with Crippen LogP contribution < -0.4 is 0 Å². The number of hydrogen-bond donors (Lipinski definition) is 2. The first kappa shape index (κ1) is 11.5. The third-order valence-corrected chi connectivity index (χ3v) is 3.18. The van der Waals surface area contributed by atoms with Crippen LogP contribution in [0.3, 0.4) is 0 Å². The Balaban J connectivity index is 2.24. The number of carbonyl (C=O) groups is 1. The van der Waals surface area contributed by atoms with Gasteiger partial charge in [0, 0.05) is 9.79 Å². The SMILES string of the molecule is O=C(O)c1ccc(Sc2ccccc2)cc1O. The Bertz CT molecular complexity index is 538. The topological polar surface area (TPSA) is 57.5 Å². The average molecular weight is 246 g/mol. The molecule has 0 aliphatic heterocycles. The van der Waals surface area contributed by atoms with Crippen molar-refractivity contribution in [1.29, 1.82) is 0 Å². The lowest BCUT2D eigenvalue weighted by molar-refractivity contribution is 0.0693. The fourth-order valence-electron chi connectivity index (χ4n) is 1.38. The molecule has 0 bridgehead atoms. The van der Waals surface area contributed by atoms with E-state index in [0.29, 0.717) is 0 Å². The molecule has 0 heterocycles. The van der Waals surface area contributed by atoms with Gasteiger partial charge in [0.05, 0.1) is 0 Å². The molecule has 0 atom stereocenters. The van der Waals surface area contributed by atoms with Gasteiger partial charge >= 0.3 is 5.97 Å². The number of aromatic carboxylic acids is 1. The van der Waals surface area contributed by atoms with Crippen molar-refractivity contribution < 1.29 is 15.0 Å². The summed E-state index contributed by atoms with van der Waals surface area (Å²) in [7, 11) is 0. The van der Waals surface area contributed by atoms with Crippen LogP contribution in [0.4, 0.5) is 0 Å². The Morgan fingerprint density at radius 2 is 1.71 bits per heavy atom. The number of aromatic hydroxyl groups is 1. The number of benzene rings is 2. The molecule has 0 aliphatic rings. The molecule has 0 saturated carbocycles. The van der Waals surface area contributed by atoms with Crippen molar-refractivity contribution in [3.63, 3.8) is 0 Å². The van der Waals surface area contributed by atoms with Gasteiger partial charge in [-0.15, -0.1) is 0 Å². The molecular weight excluding hydrogens is 236 g/mol. The van der Waals surface area contributed by atoms with E-state index in [2.05, 4.69) is 0 Å². The molecule has 2 aromatic carbocycles. The first-order valence-electron chi connectivity index (χ1n) is 4.96. The minimum atomic E-state index is -1.13. The number of phenols is 1. The molecule has 0 amide bonds. The molecule has 4 heteroatoms. The predicted molar refractivity (Wildman–Crippen MR) is 65.6 cm³/mol. The Labute approximate surface area is 103 Å². The molecular formula is C13H10O3S. The highest BCUT2D eigenvalue weighted by molar-refractivity contribution is 7.99. The summed E-state index contributed by atoms with van der Waals surface area (Å²) in [6.07, 6.45) is 0. The molecule has 0 fully saturated rings. The summed E-state index contributed by atoms with van der Waals surface area (Å²) in [6, 6.07) is 14.2. The maximum Gasteiger partial charge on any atom is 0.339 e. The minimum absolute atomic E-state index is 0.0811. The Morgan fingerprint density at radius 1 is 1.00 bits per heavy atom. The minimum Gasteiger partial charge on any atom is -0.507 e. The van der Waals surface area contributed by atoms with E-state index >= 15 is 0 Å². The third-order valence-electron chi connectivity index (χ3n) is 2.18. The highest BCUT2D eigenvalue weighted by atomic mass is 32.2. The summed E-state index contributed by atoms with van der Waals surface area (Å²) < 4.78 is 0. The normalized spacial score (nSPS) is 10.1. The molecule has 2 rings (SSSR count). The van der Waals surface area contributed by atoms with Crippen molar-refractivity contribution in [2.75, 3.05) is 0 Å². The van der Waals surface area contributed by atoms with E-state index in [1.165, 1.54) is 23.9 Å². The van der Waals surface area contributed by atoms with Crippen molar-refractivity contribution in [2.45, 2.75) is 9.79 Å². The quantitative estimate of drug-likeness (QED) is 0.872. The second-order valence-electron chi connectivity index (χ2n) is 3.40. The summed E-state index contributed by atoms with van der Waals surface area (Å²) in [5.74, 6) is -1.34. The molecule has 86 valence electrons. The summed E-state index contributed by atoms with van der Waals surface area (Å²) >= 11 is 1.47. The van der Waals surface area contributed by atoms with Crippen LogP contribution >= 0.6 is 11.8 Å². The monoisotopic (exact) mass is 246 g/mol. The Hall–Kier alpha value is -1.94. The molecule has 0 aromatic heterocycles. The van der Waals surface area contributed by atoms with Crippen molar-refractivity contribution >= 4 is 17.7 Å². The number of hydrogen-bond acceptors (Lipinski definition) is 3. The van der Waals surface area contributed by atoms with Gasteiger partial charge in [-0.25, -0.2) is 4.79 Å². The predicted octanol–water partition coefficient (Wildman–Crippen LogP) is 3.24. The third kappa shape index (κ3) is 2.79. The smallest absolute Gasteiger partial charge is 0.339 e. The summed E-state index contributed by atoms with van der Waals surface area (Å²) in [4.78, 5) is 12.6. The van der Waals surface area contributed by atoms with Crippen LogP contribution in [0, 0.1) is 0 Å². The number of carboxylic acids is 1. The average Bonchev–Trinajstić information content (AvgIpc) is 2.30. The molecule has 17 heavy (non-hydrogen) atoms. The second kappa shape index (κ2) is 4.93. The lowest BCUT2D eigenvalue weighted by Crippen LogP contribution is -1.96. The van der Waals surface area contributed by atoms with Gasteiger partial charge in [0.1, 0.15) is 11.3 Å². The van der Waals surface area contributed by atoms with Gasteiger partial charge < -0.3 is 10.2 Å². The number of rotatable bonds is 3. The highest BCUT2D eigenvalue weighted by Gasteiger charge is 2.09. The first-order chi connectivity index (χ1) is 8.16. The van der Waals surface area contributed by atoms with Crippen LogP contribution in [0.5, 0.6) is 5.75 Å². The van der Waals surface area contributed by atoms with Crippen LogP contribution in [0.15, 0.2) is 58.3 Å². The van der Waals surface area contributed by atoms with Crippen molar-refractivity contribution in [2.24, 2.45) is 0 Å². The van der Waals surface area contributed by atoms with Crippen molar-refractivity contribution in [1.82, 2.24) is 0 Å². The maximum absolute atomic E-state index is 10.7. The number of carboxylic acid groups (broad SMARTS) is 1. The lowest BCUT2D eigenvalue weighted by Gasteiger charge is -2.04. The van der Waals surface area contributed by atoms with Crippen molar-refractivity contribution in [3.8, 4) is 5.75 Å². The molecule has 0 radical (unpaired) electrons. The molecule has 3 nitrogen and oxygen atoms in total. The summed E-state index contributed by atoms with van der Waals surface area (Å²) in [6.45, 7) is 0. The van der Waals surface area contributed by atoms with Gasteiger partial charge in [0.25, 0.3) is 0 Å². The zero-order valence-corrected chi connectivity index (χ0v) is 9.65. The molecule has 2 N–H and O–H groups in total. The van der Waals surface area contributed by atoms with Gasteiger partial charge in [0.15, 0.2) is 0 Å². The fraction of sp³-hybridized carbons (Fsp3) is 0. The molecule has 0 aliphatic carbocycles. The molecule has 0 spiro atoms. The van der Waals surface area contributed by atoms with E-state index in [0.717, 1.165) is 9.79 Å². The van der Waals surface area contributed by atoms with Crippen LogP contribution in [0.25, 0.3) is 0 Å². The van der Waals surface area contributed by atoms with Crippen molar-refractivity contribution in [3.05, 3.63) is 54.1 Å². The van der Waals surface area contributed by atoms with E-state index in [1.807, 2.05) is 30.3 Å². The summed E-state index contributed by atoms with van der Waals surface area (Å²) in [5.41, 5.74) is -0.0811. The van der Waals surface area contributed by atoms with Crippen LogP contribution in [-0.4, -0.2) is 16.2 Å². The van der Waals surface area contributed by atoms with Crippen LogP contribution in [-0.2, 0) is 0 Å². The van der Waals surface area contributed by atoms with Gasteiger partial charge in [0.2, 0.25) is 0 Å². The summed E-state index contributed by atoms with van der Waals surface area (Å²) in [5, 5.41) is 18.3. The Morgan fingerprint density at radius 3 is 2.29 bits per heavy atom. The molecule has 0 unspecified atom stereocenters. The zero-order chi connectivity index (χ0) is 12.3. The van der Waals surface area contributed by atoms with Crippen LogP contribution in [0.1, 0.15) is 10.4 Å². The second-order valence-corrected chi connectivity index (χ2v) is 4.55. The van der Waals surface area contributed by atoms with Gasteiger partial charge in [-0.05, 0) is 30.3 Å². The standard InChI is InChI=1S/C13H10O3S/c14-12-8-10(6-7-11(12)13(15)16)17-9-4-2-1-3-5-9/h1-8,14H,(H,15,16). The van der Waals surface area contributed by atoms with E-state index in [9.17, 15) is 9.90 Å². The van der Waals surface area contributed by atoms with E-state index in [1.54, 1.807) is 6.07 Å². The van der Waals surface area contributed by atoms with Gasteiger partial charge in [-0.3, -0.25) is 0 Å².